The minimum absolute atomic E-state index is 0.0436. The number of hydrogen-bond acceptors (Lipinski definition) is 3. The summed E-state index contributed by atoms with van der Waals surface area (Å²) in [5.41, 5.74) is 2.05. The molecule has 0 radical (unpaired) electrons. The Balaban J connectivity index is 1.72. The smallest absolute Gasteiger partial charge is 0.241 e. The van der Waals surface area contributed by atoms with Crippen molar-refractivity contribution in [2.45, 2.75) is 12.5 Å². The predicted octanol–water partition coefficient (Wildman–Crippen LogP) is 0.941. The molecule has 2 heterocycles. The summed E-state index contributed by atoms with van der Waals surface area (Å²) >= 11 is 0. The van der Waals surface area contributed by atoms with Crippen molar-refractivity contribution in [3.05, 3.63) is 36.0 Å². The van der Waals surface area contributed by atoms with Crippen LogP contribution in [0.3, 0.4) is 0 Å². The zero-order valence-corrected chi connectivity index (χ0v) is 14.5. The molecular weight excluding hydrogens is 304 g/mol. The Labute approximate surface area is 142 Å². The number of H-pyrrole nitrogens is 1. The number of nitrogens with one attached hydrogen (secondary N) is 1. The Kier molecular flexibility index (Phi) is 4.57. The maximum Gasteiger partial charge on any atom is 0.241 e. The number of nitrogens with zero attached hydrogens (tertiary/aromatic N) is 3. The first-order valence-corrected chi connectivity index (χ1v) is 8.21. The second-order valence-electron chi connectivity index (χ2n) is 6.61. The van der Waals surface area contributed by atoms with Gasteiger partial charge in [0.1, 0.15) is 6.04 Å². The summed E-state index contributed by atoms with van der Waals surface area (Å²) in [6.07, 6.45) is 2.26. The number of benzene rings is 1. The largest absolute Gasteiger partial charge is 0.361 e. The van der Waals surface area contributed by atoms with Crippen molar-refractivity contribution in [2.24, 2.45) is 0 Å². The fraction of sp³-hybridized carbons (Fsp3) is 0.444. The Morgan fingerprint density at radius 2 is 2.00 bits per heavy atom. The van der Waals surface area contributed by atoms with Crippen molar-refractivity contribution < 1.29 is 9.59 Å². The zero-order valence-electron chi connectivity index (χ0n) is 14.5. The molecule has 0 unspecified atom stereocenters. The van der Waals surface area contributed by atoms with Gasteiger partial charge < -0.3 is 14.8 Å². The molecule has 1 aliphatic rings. The van der Waals surface area contributed by atoms with Crippen LogP contribution in [0.5, 0.6) is 0 Å². The standard InChI is InChI=1S/C18H24N4O2/c1-20(2)18(24)16-12-22(9-8-21(16)3)17(23)10-13-11-19-15-7-5-4-6-14(13)15/h4-7,11,16,19H,8-10,12H2,1-3H3/t16-/m1/s1. The maximum absolute atomic E-state index is 12.7. The molecule has 1 atom stereocenters. The molecule has 2 amide bonds. The molecule has 1 aromatic heterocycles. The van der Waals surface area contributed by atoms with Gasteiger partial charge in [0.25, 0.3) is 0 Å². The van der Waals surface area contributed by atoms with E-state index in [9.17, 15) is 9.59 Å². The number of hydrogen-bond donors (Lipinski definition) is 1. The van der Waals surface area contributed by atoms with E-state index in [0.717, 1.165) is 16.5 Å². The Bertz CT molecular complexity index is 752. The molecule has 24 heavy (non-hydrogen) atoms. The lowest BCUT2D eigenvalue weighted by atomic mass is 10.1. The number of para-hydroxylation sites is 1. The van der Waals surface area contributed by atoms with Crippen molar-refractivity contribution in [1.82, 2.24) is 19.7 Å². The molecular formula is C18H24N4O2. The average Bonchev–Trinajstić information content (AvgIpc) is 2.97. The average molecular weight is 328 g/mol. The fourth-order valence-electron chi connectivity index (χ4n) is 3.22. The highest BCUT2D eigenvalue weighted by Gasteiger charge is 2.33. The van der Waals surface area contributed by atoms with E-state index in [1.54, 1.807) is 19.0 Å². The van der Waals surface area contributed by atoms with Gasteiger partial charge in [-0.2, -0.15) is 0 Å². The van der Waals surface area contributed by atoms with E-state index in [0.29, 0.717) is 26.1 Å². The van der Waals surface area contributed by atoms with Crippen LogP contribution in [0.25, 0.3) is 10.9 Å². The number of likely N-dealkylation sites (N-methyl/N-ethyl adjacent to an activating group) is 2. The van der Waals surface area contributed by atoms with E-state index < -0.39 is 0 Å². The number of carbonyl (C=O) groups excluding carboxylic acids is 2. The Hall–Kier alpha value is -2.34. The highest BCUT2D eigenvalue weighted by Crippen LogP contribution is 2.19. The van der Waals surface area contributed by atoms with Crippen molar-refractivity contribution >= 4 is 22.7 Å². The highest BCUT2D eigenvalue weighted by atomic mass is 16.2. The van der Waals surface area contributed by atoms with Crippen LogP contribution in [0.15, 0.2) is 30.5 Å². The van der Waals surface area contributed by atoms with E-state index in [2.05, 4.69) is 4.98 Å². The number of carbonyl (C=O) groups is 2. The monoisotopic (exact) mass is 328 g/mol. The van der Waals surface area contributed by atoms with E-state index >= 15 is 0 Å². The van der Waals surface area contributed by atoms with Gasteiger partial charge in [-0.1, -0.05) is 18.2 Å². The third-order valence-corrected chi connectivity index (χ3v) is 4.74. The van der Waals surface area contributed by atoms with Crippen molar-refractivity contribution in [1.29, 1.82) is 0 Å². The van der Waals surface area contributed by atoms with Crippen LogP contribution in [0.4, 0.5) is 0 Å². The Morgan fingerprint density at radius 1 is 1.25 bits per heavy atom. The number of amides is 2. The summed E-state index contributed by atoms with van der Waals surface area (Å²) in [6, 6.07) is 7.72. The number of aromatic amines is 1. The summed E-state index contributed by atoms with van der Waals surface area (Å²) in [6.45, 7) is 1.83. The topological polar surface area (TPSA) is 59.7 Å². The van der Waals surface area contributed by atoms with E-state index in [1.165, 1.54) is 0 Å². The molecule has 6 nitrogen and oxygen atoms in total. The molecule has 1 aromatic carbocycles. The van der Waals surface area contributed by atoms with Gasteiger partial charge in [-0.05, 0) is 18.7 Å². The van der Waals surface area contributed by atoms with Crippen molar-refractivity contribution in [3.8, 4) is 0 Å². The molecule has 0 saturated carbocycles. The molecule has 1 fully saturated rings. The minimum atomic E-state index is -0.263. The second kappa shape index (κ2) is 6.65. The summed E-state index contributed by atoms with van der Waals surface area (Å²) < 4.78 is 0. The third kappa shape index (κ3) is 3.14. The van der Waals surface area contributed by atoms with Crippen LogP contribution < -0.4 is 0 Å². The summed E-state index contributed by atoms with van der Waals surface area (Å²) in [5.74, 6) is 0.117. The molecule has 2 aromatic rings. The highest BCUT2D eigenvalue weighted by molar-refractivity contribution is 5.89. The van der Waals surface area contributed by atoms with E-state index in [-0.39, 0.29) is 17.9 Å². The molecule has 128 valence electrons. The third-order valence-electron chi connectivity index (χ3n) is 4.74. The van der Waals surface area contributed by atoms with E-state index in [1.807, 2.05) is 47.3 Å². The lowest BCUT2D eigenvalue weighted by Crippen LogP contribution is -2.58. The first-order chi connectivity index (χ1) is 11.5. The molecule has 1 N–H and O–H groups in total. The van der Waals surface area contributed by atoms with Crippen LogP contribution in [-0.2, 0) is 16.0 Å². The fourth-order valence-corrected chi connectivity index (χ4v) is 3.22. The maximum atomic E-state index is 12.7. The number of fused-ring (bicyclic) bond motifs is 1. The first kappa shape index (κ1) is 16.5. The molecule has 1 aliphatic heterocycles. The molecule has 0 spiro atoms. The first-order valence-electron chi connectivity index (χ1n) is 8.21. The normalized spacial score (nSPS) is 18.8. The number of rotatable bonds is 3. The van der Waals surface area contributed by atoms with Gasteiger partial charge >= 0.3 is 0 Å². The molecule has 3 rings (SSSR count). The second-order valence-corrected chi connectivity index (χ2v) is 6.61. The number of piperazine rings is 1. The van der Waals surface area contributed by atoms with Gasteiger partial charge in [0.15, 0.2) is 0 Å². The predicted molar refractivity (Wildman–Crippen MR) is 93.7 cm³/mol. The van der Waals surface area contributed by atoms with Crippen molar-refractivity contribution in [2.75, 3.05) is 40.8 Å². The van der Waals surface area contributed by atoms with Gasteiger partial charge in [0.05, 0.1) is 6.42 Å². The summed E-state index contributed by atoms with van der Waals surface area (Å²) in [4.78, 5) is 33.7. The molecule has 1 saturated heterocycles. The van der Waals surface area contributed by atoms with Crippen molar-refractivity contribution in [3.63, 3.8) is 0 Å². The summed E-state index contributed by atoms with van der Waals surface area (Å²) in [7, 11) is 5.44. The van der Waals surface area contributed by atoms with Gasteiger partial charge in [-0.15, -0.1) is 0 Å². The van der Waals surface area contributed by atoms with Crippen LogP contribution >= 0.6 is 0 Å². The zero-order chi connectivity index (χ0) is 17.3. The summed E-state index contributed by atoms with van der Waals surface area (Å²) in [5, 5.41) is 1.08. The van der Waals surface area contributed by atoms with Gasteiger partial charge in [0.2, 0.25) is 11.8 Å². The van der Waals surface area contributed by atoms with Gasteiger partial charge in [-0.3, -0.25) is 14.5 Å². The molecule has 0 aliphatic carbocycles. The Morgan fingerprint density at radius 3 is 2.75 bits per heavy atom. The van der Waals surface area contributed by atoms with Crippen LogP contribution in [0, 0.1) is 0 Å². The SMILES string of the molecule is CN(C)C(=O)[C@H]1CN(C(=O)Cc2c[nH]c3ccccc23)CCN1C. The quantitative estimate of drug-likeness (QED) is 0.912. The lowest BCUT2D eigenvalue weighted by molar-refractivity contribution is -0.141. The minimum Gasteiger partial charge on any atom is -0.361 e. The molecule has 6 heteroatoms. The number of aromatic nitrogens is 1. The molecule has 0 bridgehead atoms. The lowest BCUT2D eigenvalue weighted by Gasteiger charge is -2.39. The van der Waals surface area contributed by atoms with Gasteiger partial charge in [0, 0.05) is 50.8 Å². The van der Waals surface area contributed by atoms with Gasteiger partial charge in [-0.25, -0.2) is 0 Å². The van der Waals surface area contributed by atoms with Crippen LogP contribution in [0.2, 0.25) is 0 Å². The van der Waals surface area contributed by atoms with Crippen LogP contribution in [0.1, 0.15) is 5.56 Å². The van der Waals surface area contributed by atoms with E-state index in [4.69, 9.17) is 0 Å². The van der Waals surface area contributed by atoms with Crippen LogP contribution in [-0.4, -0.2) is 78.3 Å².